The highest BCUT2D eigenvalue weighted by atomic mass is 32.2. The van der Waals surface area contributed by atoms with Gasteiger partial charge in [0, 0.05) is 5.75 Å². The SMILES string of the molecule is COc1ccc(-n2c(SCc3ccc(C(C)(C)C)cc3)nnc2-c2ccco2)cc1. The molecule has 2 aromatic carbocycles. The molecule has 0 N–H and O–H groups in total. The van der Waals surface area contributed by atoms with Crippen LogP contribution in [0.4, 0.5) is 0 Å². The van der Waals surface area contributed by atoms with Gasteiger partial charge in [-0.3, -0.25) is 4.57 Å². The van der Waals surface area contributed by atoms with Crippen LogP contribution in [-0.2, 0) is 11.2 Å². The first-order valence-corrected chi connectivity index (χ1v) is 10.8. The molecule has 0 aliphatic carbocycles. The van der Waals surface area contributed by atoms with E-state index < -0.39 is 0 Å². The lowest BCUT2D eigenvalue weighted by Gasteiger charge is -2.19. The molecule has 0 aliphatic heterocycles. The molecule has 2 heterocycles. The molecule has 0 amide bonds. The van der Waals surface area contributed by atoms with Crippen molar-refractivity contribution in [1.82, 2.24) is 14.8 Å². The first kappa shape index (κ1) is 20.3. The summed E-state index contributed by atoms with van der Waals surface area (Å²) >= 11 is 1.65. The van der Waals surface area contributed by atoms with Crippen LogP contribution >= 0.6 is 11.8 Å². The van der Waals surface area contributed by atoms with E-state index in [0.717, 1.165) is 22.3 Å². The molecule has 6 heteroatoms. The lowest BCUT2D eigenvalue weighted by molar-refractivity contribution is 0.414. The Bertz CT molecular complexity index is 1090. The molecule has 4 rings (SSSR count). The fraction of sp³-hybridized carbons (Fsp3) is 0.250. The molecule has 0 bridgehead atoms. The molecular formula is C24H25N3O2S. The summed E-state index contributed by atoms with van der Waals surface area (Å²) < 4.78 is 12.9. The molecule has 0 saturated carbocycles. The van der Waals surface area contributed by atoms with Crippen LogP contribution in [0.15, 0.2) is 76.5 Å². The van der Waals surface area contributed by atoms with Crippen molar-refractivity contribution in [1.29, 1.82) is 0 Å². The zero-order valence-corrected chi connectivity index (χ0v) is 18.4. The molecule has 30 heavy (non-hydrogen) atoms. The van der Waals surface area contributed by atoms with E-state index in [9.17, 15) is 0 Å². The third-order valence-corrected chi connectivity index (χ3v) is 5.89. The Morgan fingerprint density at radius 2 is 1.70 bits per heavy atom. The van der Waals surface area contributed by atoms with E-state index in [4.69, 9.17) is 9.15 Å². The first-order valence-electron chi connectivity index (χ1n) is 9.81. The van der Waals surface area contributed by atoms with E-state index in [1.54, 1.807) is 25.1 Å². The van der Waals surface area contributed by atoms with Crippen LogP contribution in [0.1, 0.15) is 31.9 Å². The number of ether oxygens (including phenoxy) is 1. The minimum Gasteiger partial charge on any atom is -0.497 e. The van der Waals surface area contributed by atoms with Crippen molar-refractivity contribution >= 4 is 11.8 Å². The monoisotopic (exact) mass is 419 g/mol. The predicted molar refractivity (Wildman–Crippen MR) is 120 cm³/mol. The molecule has 0 aliphatic rings. The molecular weight excluding hydrogens is 394 g/mol. The number of nitrogens with zero attached hydrogens (tertiary/aromatic N) is 3. The second kappa shape index (κ2) is 8.40. The molecule has 0 spiro atoms. The van der Waals surface area contributed by atoms with Crippen molar-refractivity contribution in [2.75, 3.05) is 7.11 Å². The number of furan rings is 1. The Morgan fingerprint density at radius 1 is 0.967 bits per heavy atom. The van der Waals surface area contributed by atoms with E-state index in [1.165, 1.54) is 11.1 Å². The van der Waals surface area contributed by atoms with Crippen LogP contribution in [0.3, 0.4) is 0 Å². The lowest BCUT2D eigenvalue weighted by Crippen LogP contribution is -2.10. The largest absolute Gasteiger partial charge is 0.497 e. The lowest BCUT2D eigenvalue weighted by atomic mass is 9.87. The van der Waals surface area contributed by atoms with Gasteiger partial charge in [0.1, 0.15) is 5.75 Å². The Hall–Kier alpha value is -2.99. The molecule has 0 unspecified atom stereocenters. The van der Waals surface area contributed by atoms with E-state index >= 15 is 0 Å². The smallest absolute Gasteiger partial charge is 0.205 e. The maximum Gasteiger partial charge on any atom is 0.205 e. The number of benzene rings is 2. The molecule has 0 radical (unpaired) electrons. The standard InChI is InChI=1S/C24H25N3O2S/c1-24(2,3)18-9-7-17(8-10-18)16-30-23-26-25-22(21-6-5-15-29-21)27(23)19-11-13-20(28-4)14-12-19/h5-15H,16H2,1-4H3. The van der Waals surface area contributed by atoms with Gasteiger partial charge in [0.05, 0.1) is 19.1 Å². The normalized spacial score (nSPS) is 11.6. The van der Waals surface area contributed by atoms with Gasteiger partial charge in [-0.05, 0) is 52.9 Å². The van der Waals surface area contributed by atoms with Gasteiger partial charge in [-0.25, -0.2) is 0 Å². The summed E-state index contributed by atoms with van der Waals surface area (Å²) in [5.74, 6) is 2.96. The van der Waals surface area contributed by atoms with Gasteiger partial charge in [-0.2, -0.15) is 0 Å². The van der Waals surface area contributed by atoms with Gasteiger partial charge < -0.3 is 9.15 Å². The van der Waals surface area contributed by atoms with Gasteiger partial charge in [0.25, 0.3) is 0 Å². The number of methoxy groups -OCH3 is 1. The zero-order chi connectivity index (χ0) is 21.1. The highest BCUT2D eigenvalue weighted by Crippen LogP contribution is 2.31. The molecule has 0 fully saturated rings. The van der Waals surface area contributed by atoms with Gasteiger partial charge in [-0.1, -0.05) is 56.8 Å². The van der Waals surface area contributed by atoms with Crippen LogP contribution in [0.25, 0.3) is 17.3 Å². The van der Waals surface area contributed by atoms with Gasteiger partial charge in [0.15, 0.2) is 10.9 Å². The summed E-state index contributed by atoms with van der Waals surface area (Å²) in [7, 11) is 1.66. The number of thioether (sulfide) groups is 1. The average molecular weight is 420 g/mol. The van der Waals surface area contributed by atoms with E-state index in [0.29, 0.717) is 11.6 Å². The minimum absolute atomic E-state index is 0.151. The van der Waals surface area contributed by atoms with Crippen LogP contribution < -0.4 is 4.74 Å². The van der Waals surface area contributed by atoms with E-state index in [2.05, 4.69) is 55.2 Å². The number of hydrogen-bond donors (Lipinski definition) is 0. The van der Waals surface area contributed by atoms with Crippen molar-refractivity contribution in [3.8, 4) is 23.0 Å². The molecule has 0 saturated heterocycles. The van der Waals surface area contributed by atoms with Gasteiger partial charge >= 0.3 is 0 Å². The van der Waals surface area contributed by atoms with Crippen molar-refractivity contribution in [3.63, 3.8) is 0 Å². The summed E-state index contributed by atoms with van der Waals surface area (Å²) in [4.78, 5) is 0. The summed E-state index contributed by atoms with van der Waals surface area (Å²) in [6.07, 6.45) is 1.64. The second-order valence-corrected chi connectivity index (χ2v) is 9.00. The molecule has 4 aromatic rings. The fourth-order valence-electron chi connectivity index (χ4n) is 3.14. The second-order valence-electron chi connectivity index (χ2n) is 8.05. The third kappa shape index (κ3) is 4.28. The molecule has 5 nitrogen and oxygen atoms in total. The van der Waals surface area contributed by atoms with Crippen LogP contribution in [0.5, 0.6) is 5.75 Å². The van der Waals surface area contributed by atoms with E-state index in [1.807, 2.05) is 41.0 Å². The Kier molecular flexibility index (Phi) is 5.68. The number of rotatable bonds is 6. The van der Waals surface area contributed by atoms with Crippen molar-refractivity contribution in [2.24, 2.45) is 0 Å². The Labute approximate surface area is 181 Å². The van der Waals surface area contributed by atoms with Crippen LogP contribution in [0, 0.1) is 0 Å². The van der Waals surface area contributed by atoms with Gasteiger partial charge in [-0.15, -0.1) is 10.2 Å². The summed E-state index contributed by atoms with van der Waals surface area (Å²) in [6, 6.07) is 20.4. The highest BCUT2D eigenvalue weighted by molar-refractivity contribution is 7.98. The van der Waals surface area contributed by atoms with Crippen molar-refractivity contribution in [2.45, 2.75) is 37.1 Å². The minimum atomic E-state index is 0.151. The zero-order valence-electron chi connectivity index (χ0n) is 17.6. The quantitative estimate of drug-likeness (QED) is 0.352. The number of hydrogen-bond acceptors (Lipinski definition) is 5. The van der Waals surface area contributed by atoms with Crippen molar-refractivity contribution < 1.29 is 9.15 Å². The van der Waals surface area contributed by atoms with Crippen LogP contribution in [0.2, 0.25) is 0 Å². The Balaban J connectivity index is 1.63. The summed E-state index contributed by atoms with van der Waals surface area (Å²) in [6.45, 7) is 6.68. The summed E-state index contributed by atoms with van der Waals surface area (Å²) in [5, 5.41) is 9.66. The van der Waals surface area contributed by atoms with Crippen LogP contribution in [-0.4, -0.2) is 21.9 Å². The maximum absolute atomic E-state index is 5.59. The summed E-state index contributed by atoms with van der Waals surface area (Å²) in [5.41, 5.74) is 3.69. The van der Waals surface area contributed by atoms with Crippen molar-refractivity contribution in [3.05, 3.63) is 78.1 Å². The first-order chi connectivity index (χ1) is 14.5. The van der Waals surface area contributed by atoms with Gasteiger partial charge in [0.2, 0.25) is 5.82 Å². The maximum atomic E-state index is 5.59. The molecule has 2 aromatic heterocycles. The fourth-order valence-corrected chi connectivity index (χ4v) is 4.05. The molecule has 154 valence electrons. The number of aromatic nitrogens is 3. The highest BCUT2D eigenvalue weighted by Gasteiger charge is 2.18. The topological polar surface area (TPSA) is 53.1 Å². The Morgan fingerprint density at radius 3 is 2.30 bits per heavy atom. The molecule has 0 atom stereocenters. The predicted octanol–water partition coefficient (Wildman–Crippen LogP) is 6.13. The van der Waals surface area contributed by atoms with E-state index in [-0.39, 0.29) is 5.41 Å². The third-order valence-electron chi connectivity index (χ3n) is 4.89. The average Bonchev–Trinajstić information content (AvgIpc) is 3.41.